The van der Waals surface area contributed by atoms with Crippen molar-refractivity contribution in [1.29, 1.82) is 0 Å². The summed E-state index contributed by atoms with van der Waals surface area (Å²) in [4.78, 5) is 18.0. The topological polar surface area (TPSA) is 108 Å². The van der Waals surface area contributed by atoms with Crippen LogP contribution in [0.5, 0.6) is 0 Å². The highest BCUT2D eigenvalue weighted by Gasteiger charge is 2.28. The molecule has 2 aromatic carbocycles. The fraction of sp³-hybridized carbons (Fsp3) is 0.200. The van der Waals surface area contributed by atoms with Crippen LogP contribution in [0.25, 0.3) is 16.7 Å². The van der Waals surface area contributed by atoms with E-state index in [1.165, 1.54) is 18.2 Å². The molecule has 9 nitrogen and oxygen atoms in total. The van der Waals surface area contributed by atoms with Crippen LogP contribution < -0.4 is 9.62 Å². The molecule has 4 aromatic rings. The Morgan fingerprint density at radius 1 is 1.08 bits per heavy atom. The van der Waals surface area contributed by atoms with E-state index in [9.17, 15) is 18.3 Å². The van der Waals surface area contributed by atoms with Gasteiger partial charge in [0, 0.05) is 40.9 Å². The third kappa shape index (κ3) is 5.99. The first-order valence-corrected chi connectivity index (χ1v) is 13.4. The van der Waals surface area contributed by atoms with E-state index in [-0.39, 0.29) is 20.6 Å². The van der Waals surface area contributed by atoms with Gasteiger partial charge in [0.2, 0.25) is 0 Å². The zero-order valence-electron chi connectivity index (χ0n) is 20.1. The summed E-state index contributed by atoms with van der Waals surface area (Å²) in [5, 5.41) is 13.8. The third-order valence-electron chi connectivity index (χ3n) is 5.55. The summed E-state index contributed by atoms with van der Waals surface area (Å²) in [7, 11) is -0.286. The minimum absolute atomic E-state index is 0.124. The van der Waals surface area contributed by atoms with Crippen molar-refractivity contribution in [3.8, 4) is 5.82 Å². The Morgan fingerprint density at radius 2 is 1.81 bits per heavy atom. The Balaban J connectivity index is 1.74. The van der Waals surface area contributed by atoms with Gasteiger partial charge in [-0.2, -0.15) is 0 Å². The summed E-state index contributed by atoms with van der Waals surface area (Å²) < 4.78 is 29.6. The predicted octanol–water partition coefficient (Wildman–Crippen LogP) is 4.59. The highest BCUT2D eigenvalue weighted by atomic mass is 35.5. The second-order valence-corrected chi connectivity index (χ2v) is 11.3. The zero-order chi connectivity index (χ0) is 26.7. The first-order valence-electron chi connectivity index (χ1n) is 11.2. The molecule has 2 heterocycles. The average Bonchev–Trinajstić information content (AvgIpc) is 3.25. The molecule has 0 spiro atoms. The van der Waals surface area contributed by atoms with Crippen LogP contribution >= 0.6 is 23.2 Å². The normalized spacial score (nSPS) is 11.7. The number of benzene rings is 2. The van der Waals surface area contributed by atoms with Gasteiger partial charge < -0.3 is 15.3 Å². The lowest BCUT2D eigenvalue weighted by Gasteiger charge is -2.23. The summed E-state index contributed by atoms with van der Waals surface area (Å²) >= 11 is 12.0. The van der Waals surface area contributed by atoms with Gasteiger partial charge in [-0.3, -0.25) is 13.7 Å². The summed E-state index contributed by atoms with van der Waals surface area (Å²) in [5.41, 5.74) is 1.81. The van der Waals surface area contributed by atoms with E-state index >= 15 is 0 Å². The van der Waals surface area contributed by atoms with Crippen LogP contribution in [0.2, 0.25) is 10.0 Å². The maximum Gasteiger partial charge on any atom is 0.324 e. The van der Waals surface area contributed by atoms with E-state index < -0.39 is 22.5 Å². The third-order valence-corrected chi connectivity index (χ3v) is 7.74. The second-order valence-electron chi connectivity index (χ2n) is 8.54. The minimum atomic E-state index is -4.28. The van der Waals surface area contributed by atoms with Crippen molar-refractivity contribution in [3.63, 3.8) is 0 Å². The van der Waals surface area contributed by atoms with Gasteiger partial charge in [0.25, 0.3) is 10.0 Å². The number of rotatable bonds is 10. The lowest BCUT2D eigenvalue weighted by Crippen LogP contribution is -2.35. The number of anilines is 2. The van der Waals surface area contributed by atoms with E-state index in [0.717, 1.165) is 28.6 Å². The van der Waals surface area contributed by atoms with Crippen LogP contribution in [-0.4, -0.2) is 67.7 Å². The van der Waals surface area contributed by atoms with Crippen LogP contribution in [0.4, 0.5) is 11.4 Å². The van der Waals surface area contributed by atoms with Gasteiger partial charge in [0.1, 0.15) is 6.54 Å². The summed E-state index contributed by atoms with van der Waals surface area (Å²) in [6.45, 7) is 0.791. The predicted molar refractivity (Wildman–Crippen MR) is 147 cm³/mol. The number of halogens is 2. The standard InChI is InChI=1S/C25H25Cl2N5O4S/c1-30(2)11-9-28-22-4-3-8-29-25(22)31-10-7-17-12-20(5-6-23(17)31)32(16-24(33)34)37(35,36)21-14-18(26)13-19(27)15-21/h3-8,10,12-15,28H,9,11,16H2,1-2H3,(H,33,34). The number of carboxylic acids is 1. The highest BCUT2D eigenvalue weighted by Crippen LogP contribution is 2.32. The Kier molecular flexibility index (Phi) is 7.93. The maximum absolute atomic E-state index is 13.4. The molecule has 0 atom stereocenters. The molecular weight excluding hydrogens is 537 g/mol. The molecule has 0 fully saturated rings. The lowest BCUT2D eigenvalue weighted by atomic mass is 10.2. The van der Waals surface area contributed by atoms with Crippen LogP contribution in [0.1, 0.15) is 0 Å². The molecule has 194 valence electrons. The molecule has 0 amide bonds. The van der Waals surface area contributed by atoms with E-state index in [2.05, 4.69) is 15.2 Å². The van der Waals surface area contributed by atoms with Gasteiger partial charge in [-0.1, -0.05) is 23.2 Å². The molecule has 2 N–H and O–H groups in total. The van der Waals surface area contributed by atoms with Gasteiger partial charge in [0.05, 0.1) is 21.8 Å². The Labute approximate surface area is 224 Å². The Bertz CT molecular complexity index is 1540. The lowest BCUT2D eigenvalue weighted by molar-refractivity contribution is -0.135. The molecule has 0 aliphatic rings. The maximum atomic E-state index is 13.4. The smallest absolute Gasteiger partial charge is 0.324 e. The molecule has 12 heteroatoms. The van der Waals surface area contributed by atoms with Crippen LogP contribution in [0, 0.1) is 0 Å². The molecule has 0 bridgehead atoms. The van der Waals surface area contributed by atoms with Crippen molar-refractivity contribution >= 4 is 61.5 Å². The number of pyridine rings is 1. The fourth-order valence-electron chi connectivity index (χ4n) is 3.85. The van der Waals surface area contributed by atoms with E-state index in [0.29, 0.717) is 11.2 Å². The van der Waals surface area contributed by atoms with Gasteiger partial charge in [-0.15, -0.1) is 0 Å². The Morgan fingerprint density at radius 3 is 2.49 bits per heavy atom. The van der Waals surface area contributed by atoms with Crippen LogP contribution in [0.15, 0.2) is 71.9 Å². The molecule has 0 saturated heterocycles. The van der Waals surface area contributed by atoms with E-state index in [1.807, 2.05) is 43.1 Å². The van der Waals surface area contributed by atoms with Gasteiger partial charge in [-0.25, -0.2) is 13.4 Å². The van der Waals surface area contributed by atoms with E-state index in [1.54, 1.807) is 24.4 Å². The molecule has 2 aromatic heterocycles. The van der Waals surface area contributed by atoms with Crippen molar-refractivity contribution in [2.75, 3.05) is 43.4 Å². The quantitative estimate of drug-likeness (QED) is 0.291. The van der Waals surface area contributed by atoms with Crippen LogP contribution in [-0.2, 0) is 14.8 Å². The molecule has 0 aliphatic heterocycles. The molecule has 0 radical (unpaired) electrons. The summed E-state index contributed by atoms with van der Waals surface area (Å²) in [6, 6.07) is 14.4. The van der Waals surface area contributed by atoms with Crippen LogP contribution in [0.3, 0.4) is 0 Å². The van der Waals surface area contributed by atoms with Gasteiger partial charge in [0.15, 0.2) is 5.82 Å². The van der Waals surface area contributed by atoms with Crippen molar-refractivity contribution in [2.45, 2.75) is 4.90 Å². The van der Waals surface area contributed by atoms with Gasteiger partial charge >= 0.3 is 5.97 Å². The number of nitrogens with one attached hydrogen (secondary N) is 1. The average molecular weight is 562 g/mol. The van der Waals surface area contributed by atoms with Crippen molar-refractivity contribution in [1.82, 2.24) is 14.5 Å². The number of aromatic nitrogens is 2. The molecule has 0 saturated carbocycles. The monoisotopic (exact) mass is 561 g/mol. The summed E-state index contributed by atoms with van der Waals surface area (Å²) in [6.07, 6.45) is 3.53. The number of aliphatic carboxylic acids is 1. The summed E-state index contributed by atoms with van der Waals surface area (Å²) in [5.74, 6) is -0.621. The highest BCUT2D eigenvalue weighted by molar-refractivity contribution is 7.92. The molecule has 4 rings (SSSR count). The van der Waals surface area contributed by atoms with Crippen molar-refractivity contribution < 1.29 is 18.3 Å². The number of sulfonamides is 1. The number of carboxylic acid groups (broad SMARTS) is 1. The number of hydrogen-bond acceptors (Lipinski definition) is 6. The molecule has 0 unspecified atom stereocenters. The van der Waals surface area contributed by atoms with Crippen molar-refractivity contribution in [2.24, 2.45) is 0 Å². The van der Waals surface area contributed by atoms with Gasteiger partial charge in [-0.05, 0) is 68.7 Å². The molecule has 37 heavy (non-hydrogen) atoms. The van der Waals surface area contributed by atoms with Crippen molar-refractivity contribution in [3.05, 3.63) is 77.0 Å². The molecule has 0 aliphatic carbocycles. The second kappa shape index (κ2) is 11.0. The Hall–Kier alpha value is -3.31. The minimum Gasteiger partial charge on any atom is -0.480 e. The first kappa shape index (κ1) is 26.7. The number of carbonyl (C=O) groups is 1. The SMILES string of the molecule is CN(C)CCNc1cccnc1-n1ccc2cc(N(CC(=O)O)S(=O)(=O)c3cc(Cl)cc(Cl)c3)ccc21. The zero-order valence-corrected chi connectivity index (χ0v) is 22.4. The number of nitrogens with zero attached hydrogens (tertiary/aromatic N) is 4. The van der Waals surface area contributed by atoms with E-state index in [4.69, 9.17) is 23.2 Å². The number of fused-ring (bicyclic) bond motifs is 1. The number of likely N-dealkylation sites (N-methyl/N-ethyl adjacent to an activating group) is 1. The largest absolute Gasteiger partial charge is 0.480 e. The first-order chi connectivity index (χ1) is 17.6. The fourth-order valence-corrected chi connectivity index (χ4v) is 5.99. The number of hydrogen-bond donors (Lipinski definition) is 2. The molecular formula is C25H25Cl2N5O4S.